The van der Waals surface area contributed by atoms with Crippen molar-refractivity contribution in [2.24, 2.45) is 0 Å². The third-order valence-corrected chi connectivity index (χ3v) is 4.10. The van der Waals surface area contributed by atoms with Crippen LogP contribution in [-0.4, -0.2) is 14.9 Å². The van der Waals surface area contributed by atoms with Crippen molar-refractivity contribution in [3.8, 4) is 0 Å². The minimum absolute atomic E-state index is 0.0488. The summed E-state index contributed by atoms with van der Waals surface area (Å²) < 4.78 is 0.899. The van der Waals surface area contributed by atoms with Gasteiger partial charge in [-0.1, -0.05) is 39.7 Å². The van der Waals surface area contributed by atoms with Gasteiger partial charge in [0.05, 0.1) is 15.6 Å². The van der Waals surface area contributed by atoms with Crippen molar-refractivity contribution in [3.05, 3.63) is 74.5 Å². The molecule has 0 bridgehead atoms. The van der Waals surface area contributed by atoms with Gasteiger partial charge in [0.25, 0.3) is 0 Å². The third-order valence-electron chi connectivity index (χ3n) is 3.24. The molecular formula is C16H11BrClN5O2. The number of nitro groups is 1. The van der Waals surface area contributed by atoms with E-state index in [1.54, 1.807) is 36.4 Å². The molecule has 0 unspecified atom stereocenters. The van der Waals surface area contributed by atoms with E-state index in [-0.39, 0.29) is 17.3 Å². The third kappa shape index (κ3) is 4.04. The smallest absolute Gasteiger partial charge is 0.334 e. The second-order valence-corrected chi connectivity index (χ2v) is 6.24. The predicted molar refractivity (Wildman–Crippen MR) is 101 cm³/mol. The summed E-state index contributed by atoms with van der Waals surface area (Å²) >= 11 is 9.43. The molecule has 0 spiro atoms. The van der Waals surface area contributed by atoms with Crippen molar-refractivity contribution >= 4 is 56.2 Å². The zero-order valence-corrected chi connectivity index (χ0v) is 15.0. The number of halogens is 2. The molecule has 1 aromatic heterocycles. The number of para-hydroxylation sites is 1. The average molecular weight is 421 g/mol. The highest BCUT2D eigenvalue weighted by atomic mass is 79.9. The summed E-state index contributed by atoms with van der Waals surface area (Å²) in [5.74, 6) is 0.129. The first-order valence-corrected chi connectivity index (χ1v) is 8.25. The van der Waals surface area contributed by atoms with Crippen LogP contribution in [0.3, 0.4) is 0 Å². The van der Waals surface area contributed by atoms with Gasteiger partial charge in [-0.15, -0.1) is 0 Å². The zero-order chi connectivity index (χ0) is 17.8. The van der Waals surface area contributed by atoms with Gasteiger partial charge < -0.3 is 10.6 Å². The molecule has 126 valence electrons. The number of hydrogen-bond acceptors (Lipinski definition) is 6. The van der Waals surface area contributed by atoms with Crippen LogP contribution < -0.4 is 10.6 Å². The predicted octanol–water partition coefficient (Wildman–Crippen LogP) is 5.29. The number of nitrogens with one attached hydrogen (secondary N) is 2. The van der Waals surface area contributed by atoms with Crippen molar-refractivity contribution in [2.75, 3.05) is 10.6 Å². The normalized spacial score (nSPS) is 10.3. The minimum Gasteiger partial charge on any atom is -0.334 e. The van der Waals surface area contributed by atoms with E-state index in [4.69, 9.17) is 11.6 Å². The van der Waals surface area contributed by atoms with E-state index >= 15 is 0 Å². The summed E-state index contributed by atoms with van der Waals surface area (Å²) in [4.78, 5) is 19.0. The Hall–Kier alpha value is -2.71. The Kier molecular flexibility index (Phi) is 5.11. The van der Waals surface area contributed by atoms with E-state index in [0.29, 0.717) is 16.4 Å². The quantitative estimate of drug-likeness (QED) is 0.430. The first kappa shape index (κ1) is 17.1. The average Bonchev–Trinajstić information content (AvgIpc) is 2.59. The monoisotopic (exact) mass is 419 g/mol. The maximum Gasteiger partial charge on any atom is 0.353 e. The van der Waals surface area contributed by atoms with Gasteiger partial charge in [0.1, 0.15) is 6.33 Å². The molecule has 0 saturated heterocycles. The van der Waals surface area contributed by atoms with E-state index < -0.39 is 4.92 Å². The van der Waals surface area contributed by atoms with Gasteiger partial charge in [0.2, 0.25) is 11.6 Å². The highest BCUT2D eigenvalue weighted by molar-refractivity contribution is 9.10. The lowest BCUT2D eigenvalue weighted by molar-refractivity contribution is -0.383. The molecule has 3 aromatic rings. The van der Waals surface area contributed by atoms with Crippen LogP contribution in [0.2, 0.25) is 5.02 Å². The van der Waals surface area contributed by atoms with Gasteiger partial charge >= 0.3 is 5.69 Å². The molecule has 0 radical (unpaired) electrons. The molecule has 0 amide bonds. The Morgan fingerprint density at radius 2 is 1.64 bits per heavy atom. The summed E-state index contributed by atoms with van der Waals surface area (Å²) in [6, 6.07) is 14.1. The fourth-order valence-electron chi connectivity index (χ4n) is 2.09. The van der Waals surface area contributed by atoms with Gasteiger partial charge in [-0.05, 0) is 36.4 Å². The number of aromatic nitrogens is 2. The van der Waals surface area contributed by atoms with Crippen LogP contribution in [-0.2, 0) is 0 Å². The van der Waals surface area contributed by atoms with E-state index in [0.717, 1.165) is 4.47 Å². The van der Waals surface area contributed by atoms with Crippen LogP contribution in [0.5, 0.6) is 0 Å². The van der Waals surface area contributed by atoms with Gasteiger partial charge in [0.15, 0.2) is 0 Å². The van der Waals surface area contributed by atoms with Crippen LogP contribution in [0.4, 0.5) is 28.7 Å². The molecule has 0 fully saturated rings. The maximum absolute atomic E-state index is 11.6. The molecule has 1 heterocycles. The SMILES string of the molecule is O=[N+]([O-])c1c(Nc2ccc(Br)cc2)ncnc1Nc1ccccc1Cl. The lowest BCUT2D eigenvalue weighted by Crippen LogP contribution is -2.05. The fraction of sp³-hybridized carbons (Fsp3) is 0. The van der Waals surface area contributed by atoms with Crippen molar-refractivity contribution < 1.29 is 4.92 Å². The van der Waals surface area contributed by atoms with Gasteiger partial charge in [-0.2, -0.15) is 0 Å². The van der Waals surface area contributed by atoms with Crippen LogP contribution in [0.25, 0.3) is 0 Å². The summed E-state index contributed by atoms with van der Waals surface area (Å²) in [5.41, 5.74) is 0.902. The van der Waals surface area contributed by atoms with Crippen LogP contribution >= 0.6 is 27.5 Å². The number of hydrogen-bond donors (Lipinski definition) is 2. The van der Waals surface area contributed by atoms with E-state index in [1.165, 1.54) is 6.33 Å². The molecule has 7 nitrogen and oxygen atoms in total. The number of rotatable bonds is 5. The molecule has 3 rings (SSSR count). The lowest BCUT2D eigenvalue weighted by Gasteiger charge is -2.11. The van der Waals surface area contributed by atoms with Crippen LogP contribution in [0.15, 0.2) is 59.3 Å². The Morgan fingerprint density at radius 1 is 1.00 bits per heavy atom. The van der Waals surface area contributed by atoms with Gasteiger partial charge in [0, 0.05) is 10.2 Å². The minimum atomic E-state index is -0.541. The summed E-state index contributed by atoms with van der Waals surface area (Å²) in [5, 5.41) is 17.8. The van der Waals surface area contributed by atoms with Crippen molar-refractivity contribution in [3.63, 3.8) is 0 Å². The number of benzene rings is 2. The van der Waals surface area contributed by atoms with Crippen molar-refractivity contribution in [2.45, 2.75) is 0 Å². The standard InChI is InChI=1S/C16H11BrClN5O2/c17-10-5-7-11(8-6-10)21-15-14(23(24)25)16(20-9-19-15)22-13-4-2-1-3-12(13)18/h1-9H,(H2,19,20,21,22). The zero-order valence-electron chi connectivity index (χ0n) is 12.6. The Labute approximate surface area is 156 Å². The van der Waals surface area contributed by atoms with Crippen molar-refractivity contribution in [1.82, 2.24) is 9.97 Å². The largest absolute Gasteiger partial charge is 0.353 e. The molecule has 0 aliphatic heterocycles. The topological polar surface area (TPSA) is 93.0 Å². The molecule has 2 N–H and O–H groups in total. The van der Waals surface area contributed by atoms with E-state index in [1.807, 2.05) is 12.1 Å². The second-order valence-electron chi connectivity index (χ2n) is 4.91. The molecule has 0 atom stereocenters. The maximum atomic E-state index is 11.6. The molecule has 25 heavy (non-hydrogen) atoms. The Morgan fingerprint density at radius 3 is 2.28 bits per heavy atom. The summed E-state index contributed by atoms with van der Waals surface area (Å²) in [7, 11) is 0. The highest BCUT2D eigenvalue weighted by Gasteiger charge is 2.23. The summed E-state index contributed by atoms with van der Waals surface area (Å²) in [6.07, 6.45) is 1.24. The van der Waals surface area contributed by atoms with Crippen molar-refractivity contribution in [1.29, 1.82) is 0 Å². The Balaban J connectivity index is 1.98. The lowest BCUT2D eigenvalue weighted by atomic mass is 10.3. The van der Waals surface area contributed by atoms with Gasteiger partial charge in [-0.3, -0.25) is 10.1 Å². The molecular weight excluding hydrogens is 410 g/mol. The molecule has 0 saturated carbocycles. The second kappa shape index (κ2) is 7.45. The first-order valence-electron chi connectivity index (χ1n) is 7.08. The molecule has 0 aliphatic rings. The van der Waals surface area contributed by atoms with Crippen LogP contribution in [0, 0.1) is 10.1 Å². The number of anilines is 4. The van der Waals surface area contributed by atoms with E-state index in [2.05, 4.69) is 36.5 Å². The summed E-state index contributed by atoms with van der Waals surface area (Å²) in [6.45, 7) is 0. The Bertz CT molecular complexity index is 921. The highest BCUT2D eigenvalue weighted by Crippen LogP contribution is 2.34. The fourth-order valence-corrected chi connectivity index (χ4v) is 2.54. The molecule has 0 aliphatic carbocycles. The molecule has 9 heteroatoms. The van der Waals surface area contributed by atoms with E-state index in [9.17, 15) is 10.1 Å². The molecule has 2 aromatic carbocycles. The number of nitrogens with zero attached hydrogens (tertiary/aromatic N) is 3. The first-order chi connectivity index (χ1) is 12.0. The van der Waals surface area contributed by atoms with Crippen LogP contribution in [0.1, 0.15) is 0 Å². The van der Waals surface area contributed by atoms with Gasteiger partial charge in [-0.25, -0.2) is 9.97 Å².